The lowest BCUT2D eigenvalue weighted by Gasteiger charge is -2.16. The Morgan fingerprint density at radius 1 is 1.14 bits per heavy atom. The van der Waals surface area contributed by atoms with Crippen molar-refractivity contribution in [3.05, 3.63) is 52.0 Å². The number of hydrogen-bond acceptors (Lipinski definition) is 5. The molecule has 156 valence electrons. The van der Waals surface area contributed by atoms with Gasteiger partial charge < -0.3 is 19.5 Å². The van der Waals surface area contributed by atoms with Crippen molar-refractivity contribution >= 4 is 29.2 Å². The highest BCUT2D eigenvalue weighted by Gasteiger charge is 2.18. The Morgan fingerprint density at radius 3 is 2.48 bits per heavy atom. The van der Waals surface area contributed by atoms with Gasteiger partial charge in [0.25, 0.3) is 5.91 Å². The highest BCUT2D eigenvalue weighted by Crippen LogP contribution is 2.32. The van der Waals surface area contributed by atoms with Gasteiger partial charge in [0, 0.05) is 6.07 Å². The molecule has 2 aromatic carbocycles. The normalized spacial score (nSPS) is 10.6. The minimum Gasteiger partial charge on any atom is -0.496 e. The van der Waals surface area contributed by atoms with Gasteiger partial charge in [-0.3, -0.25) is 4.79 Å². The van der Waals surface area contributed by atoms with Crippen molar-refractivity contribution in [3.8, 4) is 11.5 Å². The van der Waals surface area contributed by atoms with Gasteiger partial charge in [-0.15, -0.1) is 0 Å². The minimum atomic E-state index is -0.548. The monoisotopic (exact) mass is 419 g/mol. The van der Waals surface area contributed by atoms with Crippen molar-refractivity contribution in [3.63, 3.8) is 0 Å². The van der Waals surface area contributed by atoms with E-state index in [2.05, 4.69) is 19.2 Å². The van der Waals surface area contributed by atoms with Gasteiger partial charge >= 0.3 is 5.97 Å². The van der Waals surface area contributed by atoms with E-state index in [9.17, 15) is 9.59 Å². The molecule has 6 nitrogen and oxygen atoms in total. The second-order valence-electron chi connectivity index (χ2n) is 6.79. The Morgan fingerprint density at radius 2 is 1.86 bits per heavy atom. The van der Waals surface area contributed by atoms with E-state index in [4.69, 9.17) is 25.8 Å². The molecule has 0 aliphatic rings. The van der Waals surface area contributed by atoms with E-state index < -0.39 is 5.97 Å². The second-order valence-corrected chi connectivity index (χ2v) is 7.19. The van der Waals surface area contributed by atoms with Gasteiger partial charge in [0.2, 0.25) is 0 Å². The smallest absolute Gasteiger partial charge is 0.341 e. The molecule has 2 aromatic rings. The number of benzene rings is 2. The summed E-state index contributed by atoms with van der Waals surface area (Å²) < 4.78 is 16.0. The molecule has 0 fully saturated rings. The zero-order valence-electron chi connectivity index (χ0n) is 17.3. The summed E-state index contributed by atoms with van der Waals surface area (Å²) in [6.45, 7) is 7.85. The SMILES string of the molecule is CCOC(=O)c1cc(Cl)c(NC(=O)COc2cc(C)ccc2C(C)C)cc1OC. The van der Waals surface area contributed by atoms with E-state index in [0.717, 1.165) is 11.1 Å². The lowest BCUT2D eigenvalue weighted by Crippen LogP contribution is -2.21. The summed E-state index contributed by atoms with van der Waals surface area (Å²) >= 11 is 6.23. The number of hydrogen-bond donors (Lipinski definition) is 1. The summed E-state index contributed by atoms with van der Waals surface area (Å²) in [5.74, 6) is 0.270. The predicted molar refractivity (Wildman–Crippen MR) is 113 cm³/mol. The van der Waals surface area contributed by atoms with Gasteiger partial charge in [-0.25, -0.2) is 4.79 Å². The quantitative estimate of drug-likeness (QED) is 0.611. The summed E-state index contributed by atoms with van der Waals surface area (Å²) in [5.41, 5.74) is 2.59. The highest BCUT2D eigenvalue weighted by molar-refractivity contribution is 6.34. The molecule has 0 aromatic heterocycles. The molecular weight excluding hydrogens is 394 g/mol. The van der Waals surface area contributed by atoms with Crippen LogP contribution in [0.4, 0.5) is 5.69 Å². The third-order valence-corrected chi connectivity index (χ3v) is 4.52. The van der Waals surface area contributed by atoms with E-state index in [1.54, 1.807) is 6.92 Å². The minimum absolute atomic E-state index is 0.179. The molecule has 2 rings (SSSR count). The number of anilines is 1. The zero-order chi connectivity index (χ0) is 21.6. The average molecular weight is 420 g/mol. The van der Waals surface area contributed by atoms with Crippen LogP contribution < -0.4 is 14.8 Å². The van der Waals surface area contributed by atoms with Crippen LogP contribution in [0.5, 0.6) is 11.5 Å². The number of halogens is 1. The Labute approximate surface area is 176 Å². The lowest BCUT2D eigenvalue weighted by molar-refractivity contribution is -0.118. The first kappa shape index (κ1) is 22.6. The van der Waals surface area contributed by atoms with Crippen LogP contribution in [0, 0.1) is 6.92 Å². The fraction of sp³-hybridized carbons (Fsp3) is 0.364. The first-order valence-corrected chi connectivity index (χ1v) is 9.72. The number of carbonyl (C=O) groups excluding carboxylic acids is 2. The number of rotatable bonds is 8. The maximum absolute atomic E-state index is 12.4. The number of methoxy groups -OCH3 is 1. The van der Waals surface area contributed by atoms with Crippen molar-refractivity contribution in [2.24, 2.45) is 0 Å². The molecule has 1 N–H and O–H groups in total. The maximum atomic E-state index is 12.4. The van der Waals surface area contributed by atoms with Gasteiger partial charge in [-0.2, -0.15) is 0 Å². The summed E-state index contributed by atoms with van der Waals surface area (Å²) in [5, 5.41) is 2.88. The Balaban J connectivity index is 2.13. The van der Waals surface area contributed by atoms with E-state index in [0.29, 0.717) is 11.4 Å². The number of esters is 1. The summed E-state index contributed by atoms with van der Waals surface area (Å²) in [4.78, 5) is 24.4. The van der Waals surface area contributed by atoms with E-state index >= 15 is 0 Å². The molecule has 0 atom stereocenters. The molecule has 0 heterocycles. The molecule has 0 saturated carbocycles. The first-order chi connectivity index (χ1) is 13.8. The highest BCUT2D eigenvalue weighted by atomic mass is 35.5. The van der Waals surface area contributed by atoms with Crippen LogP contribution in [-0.4, -0.2) is 32.2 Å². The van der Waals surface area contributed by atoms with Crippen LogP contribution in [0.3, 0.4) is 0 Å². The predicted octanol–water partition coefficient (Wildman–Crippen LogP) is 4.97. The lowest BCUT2D eigenvalue weighted by atomic mass is 10.0. The van der Waals surface area contributed by atoms with Crippen molar-refractivity contribution in [2.75, 3.05) is 25.6 Å². The third-order valence-electron chi connectivity index (χ3n) is 4.21. The number of aryl methyl sites for hydroxylation is 1. The molecule has 0 spiro atoms. The molecule has 0 aliphatic heterocycles. The van der Waals surface area contributed by atoms with E-state index in [-0.39, 0.29) is 41.4 Å². The molecular formula is C22H26ClNO5. The second kappa shape index (κ2) is 10.2. The van der Waals surface area contributed by atoms with E-state index in [1.165, 1.54) is 19.2 Å². The van der Waals surface area contributed by atoms with Crippen LogP contribution in [0.25, 0.3) is 0 Å². The fourth-order valence-electron chi connectivity index (χ4n) is 2.76. The molecule has 29 heavy (non-hydrogen) atoms. The van der Waals surface area contributed by atoms with Crippen LogP contribution >= 0.6 is 11.6 Å². The Bertz CT molecular complexity index is 895. The van der Waals surface area contributed by atoms with Crippen molar-refractivity contribution in [1.82, 2.24) is 0 Å². The Kier molecular flexibility index (Phi) is 7.91. The molecule has 0 radical (unpaired) electrons. The summed E-state index contributed by atoms with van der Waals surface area (Å²) in [6, 6.07) is 8.82. The largest absolute Gasteiger partial charge is 0.496 e. The average Bonchev–Trinajstić information content (AvgIpc) is 2.67. The fourth-order valence-corrected chi connectivity index (χ4v) is 2.97. The molecule has 1 amide bonds. The molecule has 7 heteroatoms. The van der Waals surface area contributed by atoms with Crippen LogP contribution in [0.15, 0.2) is 30.3 Å². The Hall–Kier alpha value is -2.73. The standard InChI is InChI=1S/C22H26ClNO5/c1-6-28-22(26)16-10-17(23)18(11-19(16)27-5)24-21(25)12-29-20-9-14(4)7-8-15(20)13(2)3/h7-11,13H,6,12H2,1-5H3,(H,24,25). The van der Waals surface area contributed by atoms with Gasteiger partial charge in [0.15, 0.2) is 6.61 Å². The van der Waals surface area contributed by atoms with Crippen LogP contribution in [0.2, 0.25) is 5.02 Å². The van der Waals surface area contributed by atoms with E-state index in [1.807, 2.05) is 25.1 Å². The first-order valence-electron chi connectivity index (χ1n) is 9.34. The number of carbonyl (C=O) groups is 2. The number of nitrogens with one attached hydrogen (secondary N) is 1. The van der Waals surface area contributed by atoms with Gasteiger partial charge in [-0.1, -0.05) is 37.6 Å². The number of amides is 1. The van der Waals surface area contributed by atoms with Crippen molar-refractivity contribution in [2.45, 2.75) is 33.6 Å². The van der Waals surface area contributed by atoms with Crippen molar-refractivity contribution in [1.29, 1.82) is 0 Å². The van der Waals surface area contributed by atoms with Crippen LogP contribution in [0.1, 0.15) is 48.2 Å². The molecule has 0 unspecified atom stereocenters. The summed E-state index contributed by atoms with van der Waals surface area (Å²) in [6.07, 6.45) is 0. The maximum Gasteiger partial charge on any atom is 0.341 e. The van der Waals surface area contributed by atoms with Gasteiger partial charge in [0.05, 0.1) is 24.4 Å². The zero-order valence-corrected chi connectivity index (χ0v) is 18.1. The molecule has 0 bridgehead atoms. The van der Waals surface area contributed by atoms with Gasteiger partial charge in [0.1, 0.15) is 17.1 Å². The van der Waals surface area contributed by atoms with Gasteiger partial charge in [-0.05, 0) is 43.0 Å². The van der Waals surface area contributed by atoms with Crippen molar-refractivity contribution < 1.29 is 23.8 Å². The molecule has 0 aliphatic carbocycles. The topological polar surface area (TPSA) is 73.9 Å². The van der Waals surface area contributed by atoms with Crippen LogP contribution in [-0.2, 0) is 9.53 Å². The number of ether oxygens (including phenoxy) is 3. The third kappa shape index (κ3) is 5.87. The molecule has 0 saturated heterocycles. The summed E-state index contributed by atoms with van der Waals surface area (Å²) in [7, 11) is 1.42.